The number of rotatable bonds is 5. The molecule has 0 aliphatic carbocycles. The van der Waals surface area contributed by atoms with Gasteiger partial charge in [-0.25, -0.2) is 0 Å². The summed E-state index contributed by atoms with van der Waals surface area (Å²) in [6.45, 7) is 8.07. The first-order valence-electron chi connectivity index (χ1n) is 6.18. The molecule has 0 atom stereocenters. The van der Waals surface area contributed by atoms with Gasteiger partial charge >= 0.3 is 5.97 Å². The summed E-state index contributed by atoms with van der Waals surface area (Å²) in [5, 5.41) is 9.01. The van der Waals surface area contributed by atoms with E-state index in [2.05, 4.69) is 13.8 Å². The Hall–Kier alpha value is -1.51. The van der Waals surface area contributed by atoms with Gasteiger partial charge in [-0.2, -0.15) is 0 Å². The number of hydrogen-bond donors (Lipinski definition) is 1. The van der Waals surface area contributed by atoms with Gasteiger partial charge in [0, 0.05) is 11.0 Å². The van der Waals surface area contributed by atoms with E-state index in [-0.39, 0.29) is 6.42 Å². The van der Waals surface area contributed by atoms with E-state index in [9.17, 15) is 4.79 Å². The van der Waals surface area contributed by atoms with Gasteiger partial charge in [0.2, 0.25) is 0 Å². The minimum Gasteiger partial charge on any atom is -0.496 e. The standard InChI is InChI=1S/C15H22O3/c1-10(2)11-7-6-8-12(14(11)18-5)15(3,4)9-13(16)17/h6-8,10H,9H2,1-5H3,(H,16,17). The number of benzene rings is 1. The van der Waals surface area contributed by atoms with E-state index in [1.165, 1.54) is 0 Å². The quantitative estimate of drug-likeness (QED) is 0.869. The molecule has 3 nitrogen and oxygen atoms in total. The Labute approximate surface area is 109 Å². The van der Waals surface area contributed by atoms with Gasteiger partial charge in [0.05, 0.1) is 13.5 Å². The van der Waals surface area contributed by atoms with E-state index in [4.69, 9.17) is 9.84 Å². The van der Waals surface area contributed by atoms with Crippen LogP contribution in [0.2, 0.25) is 0 Å². The van der Waals surface area contributed by atoms with Crippen molar-refractivity contribution in [1.82, 2.24) is 0 Å². The van der Waals surface area contributed by atoms with Crippen LogP contribution < -0.4 is 4.74 Å². The molecule has 0 heterocycles. The van der Waals surface area contributed by atoms with Crippen LogP contribution in [-0.4, -0.2) is 18.2 Å². The highest BCUT2D eigenvalue weighted by Crippen LogP contribution is 2.38. The Balaban J connectivity index is 3.31. The van der Waals surface area contributed by atoms with Crippen molar-refractivity contribution in [2.24, 2.45) is 0 Å². The van der Waals surface area contributed by atoms with Gasteiger partial charge in [0.15, 0.2) is 0 Å². The normalized spacial score (nSPS) is 11.7. The Kier molecular flexibility index (Phi) is 4.38. The van der Waals surface area contributed by atoms with Gasteiger partial charge in [0.25, 0.3) is 0 Å². The molecule has 0 bridgehead atoms. The molecular weight excluding hydrogens is 228 g/mol. The van der Waals surface area contributed by atoms with Gasteiger partial charge in [-0.15, -0.1) is 0 Å². The van der Waals surface area contributed by atoms with E-state index in [0.717, 1.165) is 16.9 Å². The largest absolute Gasteiger partial charge is 0.496 e. The minimum absolute atomic E-state index is 0.0882. The second-order valence-electron chi connectivity index (χ2n) is 5.54. The van der Waals surface area contributed by atoms with Gasteiger partial charge < -0.3 is 9.84 Å². The number of methoxy groups -OCH3 is 1. The predicted molar refractivity (Wildman–Crippen MR) is 72.4 cm³/mol. The summed E-state index contributed by atoms with van der Waals surface area (Å²) in [6.07, 6.45) is 0.0882. The number of hydrogen-bond acceptors (Lipinski definition) is 2. The van der Waals surface area contributed by atoms with Crippen LogP contribution >= 0.6 is 0 Å². The van der Waals surface area contributed by atoms with Gasteiger partial charge in [0.1, 0.15) is 5.75 Å². The Morgan fingerprint density at radius 2 is 2.00 bits per heavy atom. The second kappa shape index (κ2) is 5.42. The Morgan fingerprint density at radius 3 is 2.44 bits per heavy atom. The number of para-hydroxylation sites is 1. The molecule has 0 saturated heterocycles. The van der Waals surface area contributed by atoms with Crippen LogP contribution in [0.3, 0.4) is 0 Å². The fourth-order valence-corrected chi connectivity index (χ4v) is 2.24. The summed E-state index contributed by atoms with van der Waals surface area (Å²) in [5.41, 5.74) is 1.63. The molecule has 100 valence electrons. The van der Waals surface area contributed by atoms with Crippen molar-refractivity contribution in [2.75, 3.05) is 7.11 Å². The topological polar surface area (TPSA) is 46.5 Å². The molecule has 0 aromatic heterocycles. The molecule has 1 aromatic carbocycles. The number of ether oxygens (including phenoxy) is 1. The molecule has 1 aromatic rings. The van der Waals surface area contributed by atoms with Crippen LogP contribution in [-0.2, 0) is 10.2 Å². The van der Waals surface area contributed by atoms with E-state index in [1.807, 2.05) is 32.0 Å². The zero-order valence-corrected chi connectivity index (χ0v) is 11.8. The van der Waals surface area contributed by atoms with Gasteiger partial charge in [-0.3, -0.25) is 4.79 Å². The maximum absolute atomic E-state index is 11.0. The summed E-state index contributed by atoms with van der Waals surface area (Å²) in [4.78, 5) is 11.0. The monoisotopic (exact) mass is 250 g/mol. The highest BCUT2D eigenvalue weighted by molar-refractivity contribution is 5.69. The lowest BCUT2D eigenvalue weighted by atomic mass is 9.79. The molecule has 0 saturated carbocycles. The van der Waals surface area contributed by atoms with E-state index < -0.39 is 11.4 Å². The number of aliphatic carboxylic acids is 1. The van der Waals surface area contributed by atoms with Gasteiger partial charge in [-0.1, -0.05) is 45.9 Å². The molecule has 0 fully saturated rings. The predicted octanol–water partition coefficient (Wildman–Crippen LogP) is 3.57. The third-order valence-electron chi connectivity index (χ3n) is 3.19. The van der Waals surface area contributed by atoms with Crippen molar-refractivity contribution in [3.05, 3.63) is 29.3 Å². The lowest BCUT2D eigenvalue weighted by Crippen LogP contribution is -2.23. The van der Waals surface area contributed by atoms with Crippen molar-refractivity contribution in [1.29, 1.82) is 0 Å². The molecule has 1 N–H and O–H groups in total. The van der Waals surface area contributed by atoms with Crippen LogP contribution in [0.25, 0.3) is 0 Å². The molecule has 0 unspecified atom stereocenters. The lowest BCUT2D eigenvalue weighted by Gasteiger charge is -2.27. The molecule has 0 spiro atoms. The Morgan fingerprint density at radius 1 is 1.39 bits per heavy atom. The van der Waals surface area contributed by atoms with Crippen molar-refractivity contribution in [3.63, 3.8) is 0 Å². The first-order chi connectivity index (χ1) is 8.29. The maximum atomic E-state index is 11.0. The van der Waals surface area contributed by atoms with Crippen LogP contribution in [0.15, 0.2) is 18.2 Å². The Bertz CT molecular complexity index is 433. The fourth-order valence-electron chi connectivity index (χ4n) is 2.24. The summed E-state index contributed by atoms with van der Waals surface area (Å²) >= 11 is 0. The van der Waals surface area contributed by atoms with Crippen LogP contribution in [0.1, 0.15) is 51.2 Å². The highest BCUT2D eigenvalue weighted by Gasteiger charge is 2.28. The van der Waals surface area contributed by atoms with Crippen LogP contribution in [0.5, 0.6) is 5.75 Å². The van der Waals surface area contributed by atoms with Crippen molar-refractivity contribution >= 4 is 5.97 Å². The number of carbonyl (C=O) groups is 1. The molecule has 18 heavy (non-hydrogen) atoms. The first kappa shape index (κ1) is 14.6. The van der Waals surface area contributed by atoms with E-state index >= 15 is 0 Å². The van der Waals surface area contributed by atoms with E-state index in [0.29, 0.717) is 5.92 Å². The van der Waals surface area contributed by atoms with Crippen LogP contribution in [0.4, 0.5) is 0 Å². The molecule has 0 aliphatic rings. The summed E-state index contributed by atoms with van der Waals surface area (Å²) in [6, 6.07) is 5.95. The third kappa shape index (κ3) is 3.03. The summed E-state index contributed by atoms with van der Waals surface area (Å²) in [7, 11) is 1.64. The lowest BCUT2D eigenvalue weighted by molar-refractivity contribution is -0.138. The number of carboxylic acids is 1. The van der Waals surface area contributed by atoms with Crippen molar-refractivity contribution in [2.45, 2.75) is 45.4 Å². The second-order valence-corrected chi connectivity index (χ2v) is 5.54. The molecule has 0 amide bonds. The molecule has 0 aliphatic heterocycles. The number of carboxylic acid groups (broad SMARTS) is 1. The average Bonchev–Trinajstić information content (AvgIpc) is 2.26. The third-order valence-corrected chi connectivity index (χ3v) is 3.19. The molecule has 0 radical (unpaired) electrons. The smallest absolute Gasteiger partial charge is 0.304 e. The van der Waals surface area contributed by atoms with Gasteiger partial charge in [-0.05, 0) is 11.5 Å². The minimum atomic E-state index is -0.794. The highest BCUT2D eigenvalue weighted by atomic mass is 16.5. The zero-order valence-electron chi connectivity index (χ0n) is 11.8. The van der Waals surface area contributed by atoms with Crippen molar-refractivity contribution < 1.29 is 14.6 Å². The molecular formula is C15H22O3. The summed E-state index contributed by atoms with van der Waals surface area (Å²) in [5.74, 6) is 0.372. The zero-order chi connectivity index (χ0) is 13.9. The van der Waals surface area contributed by atoms with Crippen molar-refractivity contribution in [3.8, 4) is 5.75 Å². The average molecular weight is 250 g/mol. The van der Waals surface area contributed by atoms with Crippen LogP contribution in [0, 0.1) is 0 Å². The fraction of sp³-hybridized carbons (Fsp3) is 0.533. The maximum Gasteiger partial charge on any atom is 0.304 e. The summed E-state index contributed by atoms with van der Waals surface area (Å²) < 4.78 is 5.51. The SMILES string of the molecule is COc1c(C(C)C)cccc1C(C)(C)CC(=O)O. The molecule has 3 heteroatoms. The van der Waals surface area contributed by atoms with E-state index in [1.54, 1.807) is 7.11 Å². The first-order valence-corrected chi connectivity index (χ1v) is 6.18. The molecule has 1 rings (SSSR count).